The molecule has 0 atom stereocenters. The first kappa shape index (κ1) is 15.1. The third-order valence-corrected chi connectivity index (χ3v) is 3.35. The minimum atomic E-state index is 0.238. The first-order chi connectivity index (χ1) is 9.83. The van der Waals surface area contributed by atoms with Crippen LogP contribution in [0.3, 0.4) is 0 Å². The van der Waals surface area contributed by atoms with Crippen molar-refractivity contribution in [2.24, 2.45) is 0 Å². The van der Waals surface area contributed by atoms with Gasteiger partial charge in [0, 0.05) is 19.4 Å². The van der Waals surface area contributed by atoms with Crippen molar-refractivity contribution in [1.82, 2.24) is 5.32 Å². The average Bonchev–Trinajstić information content (AvgIpc) is 2.49. The van der Waals surface area contributed by atoms with Crippen LogP contribution < -0.4 is 14.8 Å². The molecule has 0 amide bonds. The van der Waals surface area contributed by atoms with E-state index < -0.39 is 0 Å². The highest BCUT2D eigenvalue weighted by Gasteiger charge is 2.17. The summed E-state index contributed by atoms with van der Waals surface area (Å²) in [6.45, 7) is 8.13. The van der Waals surface area contributed by atoms with Crippen LogP contribution in [0, 0.1) is 0 Å². The number of hydrogen-bond donors (Lipinski definition) is 1. The molecule has 1 N–H and O–H groups in total. The minimum Gasteiger partial charge on any atom is -0.490 e. The summed E-state index contributed by atoms with van der Waals surface area (Å²) >= 11 is 0. The molecule has 0 saturated carbocycles. The molecule has 1 saturated heterocycles. The van der Waals surface area contributed by atoms with Gasteiger partial charge in [0.05, 0.1) is 19.8 Å². The zero-order valence-electron chi connectivity index (χ0n) is 12.5. The van der Waals surface area contributed by atoms with E-state index in [0.717, 1.165) is 50.6 Å². The van der Waals surface area contributed by atoms with Crippen molar-refractivity contribution in [1.29, 1.82) is 0 Å². The monoisotopic (exact) mass is 279 g/mol. The molecular weight excluding hydrogens is 254 g/mol. The molecule has 0 unspecified atom stereocenters. The van der Waals surface area contributed by atoms with E-state index in [1.165, 1.54) is 5.56 Å². The summed E-state index contributed by atoms with van der Waals surface area (Å²) in [7, 11) is 0. The lowest BCUT2D eigenvalue weighted by Crippen LogP contribution is -2.26. The lowest BCUT2D eigenvalue weighted by Gasteiger charge is -2.24. The number of hydrogen-bond acceptors (Lipinski definition) is 4. The van der Waals surface area contributed by atoms with Gasteiger partial charge in [-0.15, -0.1) is 0 Å². The Balaban J connectivity index is 2.05. The number of nitrogens with one attached hydrogen (secondary N) is 1. The zero-order chi connectivity index (χ0) is 14.2. The molecule has 4 nitrogen and oxygen atoms in total. The Morgan fingerprint density at radius 1 is 1.20 bits per heavy atom. The third-order valence-electron chi connectivity index (χ3n) is 3.35. The molecule has 0 spiro atoms. The van der Waals surface area contributed by atoms with E-state index in [9.17, 15) is 0 Å². The Labute approximate surface area is 121 Å². The highest BCUT2D eigenvalue weighted by Crippen LogP contribution is 2.30. The summed E-state index contributed by atoms with van der Waals surface area (Å²) in [5.41, 5.74) is 1.22. The Bertz CT molecular complexity index is 403. The smallest absolute Gasteiger partial charge is 0.161 e. The maximum atomic E-state index is 6.07. The van der Waals surface area contributed by atoms with E-state index in [-0.39, 0.29) is 6.10 Å². The summed E-state index contributed by atoms with van der Waals surface area (Å²) in [5, 5.41) is 3.32. The second-order valence-electron chi connectivity index (χ2n) is 4.92. The lowest BCUT2D eigenvalue weighted by molar-refractivity contribution is 0.0243. The van der Waals surface area contributed by atoms with Gasteiger partial charge in [0.1, 0.15) is 6.10 Å². The summed E-state index contributed by atoms with van der Waals surface area (Å²) in [5.74, 6) is 1.69. The number of ether oxygens (including phenoxy) is 3. The maximum absolute atomic E-state index is 6.07. The summed E-state index contributed by atoms with van der Waals surface area (Å²) in [6.07, 6.45) is 2.14. The largest absolute Gasteiger partial charge is 0.490 e. The lowest BCUT2D eigenvalue weighted by atomic mass is 10.1. The van der Waals surface area contributed by atoms with Gasteiger partial charge in [-0.25, -0.2) is 0 Å². The Morgan fingerprint density at radius 2 is 2.00 bits per heavy atom. The molecule has 0 bridgehead atoms. The van der Waals surface area contributed by atoms with E-state index in [1.54, 1.807) is 0 Å². The van der Waals surface area contributed by atoms with Gasteiger partial charge < -0.3 is 19.5 Å². The maximum Gasteiger partial charge on any atom is 0.161 e. The standard InChI is InChI=1S/C16H25NO3/c1-3-17-12-13-5-6-15(16(11-13)19-4-2)20-14-7-9-18-10-8-14/h5-6,11,14,17H,3-4,7-10,12H2,1-2H3. The quantitative estimate of drug-likeness (QED) is 0.833. The molecule has 0 aliphatic carbocycles. The van der Waals surface area contributed by atoms with Gasteiger partial charge in [-0.1, -0.05) is 13.0 Å². The van der Waals surface area contributed by atoms with E-state index in [0.29, 0.717) is 6.61 Å². The number of benzene rings is 1. The predicted octanol–water partition coefficient (Wildman–Crippen LogP) is 2.75. The van der Waals surface area contributed by atoms with Crippen molar-refractivity contribution < 1.29 is 14.2 Å². The molecule has 1 heterocycles. The fraction of sp³-hybridized carbons (Fsp3) is 0.625. The van der Waals surface area contributed by atoms with Gasteiger partial charge in [0.2, 0.25) is 0 Å². The molecular formula is C16H25NO3. The molecule has 1 aromatic carbocycles. The van der Waals surface area contributed by atoms with E-state index in [4.69, 9.17) is 14.2 Å². The summed E-state index contributed by atoms with van der Waals surface area (Å²) in [6, 6.07) is 6.19. The van der Waals surface area contributed by atoms with Crippen molar-refractivity contribution in [3.63, 3.8) is 0 Å². The minimum absolute atomic E-state index is 0.238. The molecule has 112 valence electrons. The van der Waals surface area contributed by atoms with E-state index in [2.05, 4.69) is 24.4 Å². The molecule has 0 aromatic heterocycles. The second-order valence-corrected chi connectivity index (χ2v) is 4.92. The first-order valence-electron chi connectivity index (χ1n) is 7.54. The molecule has 4 heteroatoms. The zero-order valence-corrected chi connectivity index (χ0v) is 12.5. The number of rotatable bonds is 7. The fourth-order valence-corrected chi connectivity index (χ4v) is 2.27. The molecule has 1 fully saturated rings. The van der Waals surface area contributed by atoms with Gasteiger partial charge in [0.15, 0.2) is 11.5 Å². The Kier molecular flexibility index (Phi) is 6.15. The van der Waals surface area contributed by atoms with Crippen LogP contribution in [0.2, 0.25) is 0 Å². The molecule has 1 aliphatic rings. The van der Waals surface area contributed by atoms with Crippen molar-refractivity contribution in [3.8, 4) is 11.5 Å². The average molecular weight is 279 g/mol. The van der Waals surface area contributed by atoms with Gasteiger partial charge >= 0.3 is 0 Å². The molecule has 0 radical (unpaired) electrons. The van der Waals surface area contributed by atoms with Crippen LogP contribution in [0.5, 0.6) is 11.5 Å². The molecule has 2 rings (SSSR count). The van der Waals surface area contributed by atoms with E-state index in [1.807, 2.05) is 13.0 Å². The molecule has 1 aliphatic heterocycles. The van der Waals surface area contributed by atoms with Crippen LogP contribution in [0.4, 0.5) is 0 Å². The predicted molar refractivity (Wildman–Crippen MR) is 79.5 cm³/mol. The highest BCUT2D eigenvalue weighted by atomic mass is 16.5. The van der Waals surface area contributed by atoms with Gasteiger partial charge in [-0.05, 0) is 31.2 Å². The van der Waals surface area contributed by atoms with E-state index >= 15 is 0 Å². The normalized spacial score (nSPS) is 16.1. The third kappa shape index (κ3) is 4.39. The molecule has 1 aromatic rings. The topological polar surface area (TPSA) is 39.7 Å². The Hall–Kier alpha value is -1.26. The summed E-state index contributed by atoms with van der Waals surface area (Å²) < 4.78 is 17.1. The van der Waals surface area contributed by atoms with Crippen LogP contribution in [0.15, 0.2) is 18.2 Å². The van der Waals surface area contributed by atoms with Crippen molar-refractivity contribution >= 4 is 0 Å². The van der Waals surface area contributed by atoms with Crippen LogP contribution in [-0.2, 0) is 11.3 Å². The second kappa shape index (κ2) is 8.12. The molecule has 20 heavy (non-hydrogen) atoms. The van der Waals surface area contributed by atoms with Crippen molar-refractivity contribution in [2.75, 3.05) is 26.4 Å². The SMILES string of the molecule is CCNCc1ccc(OC2CCOCC2)c(OCC)c1. The van der Waals surface area contributed by atoms with Crippen LogP contribution in [-0.4, -0.2) is 32.5 Å². The van der Waals surface area contributed by atoms with Gasteiger partial charge in [0.25, 0.3) is 0 Å². The summed E-state index contributed by atoms with van der Waals surface area (Å²) in [4.78, 5) is 0. The van der Waals surface area contributed by atoms with Crippen LogP contribution >= 0.6 is 0 Å². The first-order valence-corrected chi connectivity index (χ1v) is 7.54. The van der Waals surface area contributed by atoms with Gasteiger partial charge in [-0.3, -0.25) is 0 Å². The van der Waals surface area contributed by atoms with Crippen molar-refractivity contribution in [2.45, 2.75) is 39.3 Å². The van der Waals surface area contributed by atoms with Crippen molar-refractivity contribution in [3.05, 3.63) is 23.8 Å². The van der Waals surface area contributed by atoms with Crippen LogP contribution in [0.25, 0.3) is 0 Å². The Morgan fingerprint density at radius 3 is 2.70 bits per heavy atom. The highest BCUT2D eigenvalue weighted by molar-refractivity contribution is 5.43. The fourth-order valence-electron chi connectivity index (χ4n) is 2.27. The van der Waals surface area contributed by atoms with Gasteiger partial charge in [-0.2, -0.15) is 0 Å². The van der Waals surface area contributed by atoms with Crippen LogP contribution in [0.1, 0.15) is 32.3 Å².